The first-order chi connectivity index (χ1) is 12.8. The van der Waals surface area contributed by atoms with Gasteiger partial charge < -0.3 is 19.3 Å². The minimum absolute atomic E-state index is 0.0388. The molecule has 4 atom stereocenters. The molecule has 1 aliphatic carbocycles. The van der Waals surface area contributed by atoms with Crippen molar-refractivity contribution in [2.75, 3.05) is 13.2 Å². The smallest absolute Gasteiger partial charge is 0.129 e. The Hall–Kier alpha value is -1.26. The Balaban J connectivity index is 1.48. The lowest BCUT2D eigenvalue weighted by atomic mass is 9.70. The number of ether oxygens (including phenoxy) is 3. The Morgan fingerprint density at radius 3 is 2.74 bits per heavy atom. The molecule has 0 saturated heterocycles. The molecule has 0 bridgehead atoms. The summed E-state index contributed by atoms with van der Waals surface area (Å²) in [5.41, 5.74) is 1.72. The van der Waals surface area contributed by atoms with Crippen molar-refractivity contribution in [2.45, 2.75) is 83.5 Å². The van der Waals surface area contributed by atoms with Crippen LogP contribution in [0.25, 0.3) is 0 Å². The van der Waals surface area contributed by atoms with Crippen LogP contribution in [0.5, 0.6) is 11.5 Å². The average molecular weight is 375 g/mol. The van der Waals surface area contributed by atoms with E-state index in [1.165, 1.54) is 11.1 Å². The number of benzene rings is 1. The lowest BCUT2D eigenvalue weighted by molar-refractivity contribution is -0.136. The normalized spacial score (nSPS) is 34.8. The summed E-state index contributed by atoms with van der Waals surface area (Å²) >= 11 is 0. The summed E-state index contributed by atoms with van der Waals surface area (Å²) in [7, 11) is 0. The summed E-state index contributed by atoms with van der Waals surface area (Å²) in [6, 6.07) is 4.31. The van der Waals surface area contributed by atoms with Gasteiger partial charge in [0.1, 0.15) is 17.1 Å². The molecule has 150 valence electrons. The van der Waals surface area contributed by atoms with E-state index in [0.717, 1.165) is 56.6 Å². The van der Waals surface area contributed by atoms with Crippen molar-refractivity contribution >= 4 is 0 Å². The highest BCUT2D eigenvalue weighted by atomic mass is 16.5. The van der Waals surface area contributed by atoms with Gasteiger partial charge in [-0.25, -0.2) is 0 Å². The molecule has 1 N–H and O–H groups in total. The van der Waals surface area contributed by atoms with E-state index in [4.69, 9.17) is 14.2 Å². The molecule has 4 rings (SSSR count). The molecule has 1 aromatic rings. The number of fused-ring (bicyclic) bond motifs is 3. The van der Waals surface area contributed by atoms with Crippen LogP contribution in [0, 0.1) is 11.8 Å². The maximum absolute atomic E-state index is 10.9. The van der Waals surface area contributed by atoms with Crippen molar-refractivity contribution < 1.29 is 19.3 Å². The topological polar surface area (TPSA) is 47.9 Å². The van der Waals surface area contributed by atoms with Gasteiger partial charge in [-0.2, -0.15) is 0 Å². The van der Waals surface area contributed by atoms with Crippen LogP contribution in [0.3, 0.4) is 0 Å². The predicted molar refractivity (Wildman–Crippen MR) is 106 cm³/mol. The standard InChI is InChI=1S/C23H34O4/c1-5-25-20-9-7-16(13-23(20,4)24)17-12-15-6-8-19-18(21(15)26-14-17)10-11-22(2,3)27-19/h6,8,16-17,20,24H,5,7,9-14H2,1-4H3/t16?,17?,20?,23-/m1/s1. The van der Waals surface area contributed by atoms with Gasteiger partial charge in [0.25, 0.3) is 0 Å². The fourth-order valence-corrected chi connectivity index (χ4v) is 5.25. The lowest BCUT2D eigenvalue weighted by Crippen LogP contribution is -2.48. The van der Waals surface area contributed by atoms with Gasteiger partial charge in [0.15, 0.2) is 0 Å². The van der Waals surface area contributed by atoms with Crippen LogP contribution in [0.4, 0.5) is 0 Å². The summed E-state index contributed by atoms with van der Waals surface area (Å²) in [5.74, 6) is 3.00. The Kier molecular flexibility index (Phi) is 4.92. The SMILES string of the molecule is CCOC1CCC(C2COc3c(ccc4c3CCC(C)(C)O4)C2)C[C@@]1(C)O. The summed E-state index contributed by atoms with van der Waals surface area (Å²) < 4.78 is 18.2. The molecule has 3 aliphatic rings. The molecule has 2 heterocycles. The summed E-state index contributed by atoms with van der Waals surface area (Å²) in [6.07, 6.45) is 5.87. The molecule has 0 spiro atoms. The second kappa shape index (κ2) is 6.97. The van der Waals surface area contributed by atoms with Crippen molar-refractivity contribution in [1.29, 1.82) is 0 Å². The minimum Gasteiger partial charge on any atom is -0.493 e. The highest BCUT2D eigenvalue weighted by molar-refractivity contribution is 5.52. The fourth-order valence-electron chi connectivity index (χ4n) is 5.25. The van der Waals surface area contributed by atoms with E-state index in [-0.39, 0.29) is 11.7 Å². The quantitative estimate of drug-likeness (QED) is 0.857. The van der Waals surface area contributed by atoms with Crippen LogP contribution < -0.4 is 9.47 Å². The monoisotopic (exact) mass is 374 g/mol. The van der Waals surface area contributed by atoms with Crippen LogP contribution in [0.1, 0.15) is 64.5 Å². The zero-order chi connectivity index (χ0) is 19.2. The van der Waals surface area contributed by atoms with Gasteiger partial charge in [-0.05, 0) is 83.8 Å². The lowest BCUT2D eigenvalue weighted by Gasteiger charge is -2.44. The van der Waals surface area contributed by atoms with Crippen LogP contribution in [-0.2, 0) is 17.6 Å². The first-order valence-electron chi connectivity index (χ1n) is 10.6. The first kappa shape index (κ1) is 19.1. The third kappa shape index (κ3) is 3.71. The maximum Gasteiger partial charge on any atom is 0.129 e. The zero-order valence-electron chi connectivity index (χ0n) is 17.2. The van der Waals surface area contributed by atoms with Crippen molar-refractivity contribution in [1.82, 2.24) is 0 Å². The van der Waals surface area contributed by atoms with Crippen LogP contribution >= 0.6 is 0 Å². The molecule has 4 heteroatoms. The first-order valence-corrected chi connectivity index (χ1v) is 10.6. The van der Waals surface area contributed by atoms with Gasteiger partial charge in [0, 0.05) is 18.1 Å². The number of hydrogen-bond acceptors (Lipinski definition) is 4. The second-order valence-corrected chi connectivity index (χ2v) is 9.51. The molecule has 0 amide bonds. The summed E-state index contributed by atoms with van der Waals surface area (Å²) in [5, 5.41) is 10.9. The largest absolute Gasteiger partial charge is 0.493 e. The van der Waals surface area contributed by atoms with E-state index in [1.807, 2.05) is 13.8 Å². The Morgan fingerprint density at radius 1 is 1.19 bits per heavy atom. The third-order valence-corrected chi connectivity index (χ3v) is 6.79. The van der Waals surface area contributed by atoms with Crippen molar-refractivity contribution in [3.8, 4) is 11.5 Å². The van der Waals surface area contributed by atoms with Gasteiger partial charge >= 0.3 is 0 Å². The number of hydrogen-bond donors (Lipinski definition) is 1. The fraction of sp³-hybridized carbons (Fsp3) is 0.739. The van der Waals surface area contributed by atoms with Crippen molar-refractivity contribution in [3.63, 3.8) is 0 Å². The van der Waals surface area contributed by atoms with Crippen molar-refractivity contribution in [3.05, 3.63) is 23.3 Å². The molecule has 0 radical (unpaired) electrons. The molecule has 4 nitrogen and oxygen atoms in total. The molecule has 2 aliphatic heterocycles. The highest BCUT2D eigenvalue weighted by Gasteiger charge is 2.43. The van der Waals surface area contributed by atoms with Crippen LogP contribution in [-0.4, -0.2) is 35.6 Å². The van der Waals surface area contributed by atoms with Gasteiger partial charge in [-0.3, -0.25) is 0 Å². The Labute approximate surface area is 163 Å². The Bertz CT molecular complexity index is 694. The maximum atomic E-state index is 10.9. The van der Waals surface area contributed by atoms with E-state index in [0.29, 0.717) is 18.4 Å². The van der Waals surface area contributed by atoms with Gasteiger partial charge in [0.05, 0.1) is 18.3 Å². The average Bonchev–Trinajstić information content (AvgIpc) is 2.61. The van der Waals surface area contributed by atoms with E-state index in [1.54, 1.807) is 0 Å². The Morgan fingerprint density at radius 2 is 2.00 bits per heavy atom. The van der Waals surface area contributed by atoms with E-state index >= 15 is 0 Å². The predicted octanol–water partition coefficient (Wildman–Crippen LogP) is 4.30. The summed E-state index contributed by atoms with van der Waals surface area (Å²) in [4.78, 5) is 0. The molecule has 3 unspecified atom stereocenters. The zero-order valence-corrected chi connectivity index (χ0v) is 17.2. The number of rotatable bonds is 3. The molecule has 1 aromatic carbocycles. The molecular weight excluding hydrogens is 340 g/mol. The van der Waals surface area contributed by atoms with E-state index in [2.05, 4.69) is 26.0 Å². The molecular formula is C23H34O4. The van der Waals surface area contributed by atoms with E-state index < -0.39 is 5.60 Å². The van der Waals surface area contributed by atoms with E-state index in [9.17, 15) is 5.11 Å². The van der Waals surface area contributed by atoms with Crippen LogP contribution in [0.15, 0.2) is 12.1 Å². The molecule has 1 saturated carbocycles. The number of aliphatic hydroxyl groups is 1. The van der Waals surface area contributed by atoms with Crippen LogP contribution in [0.2, 0.25) is 0 Å². The highest BCUT2D eigenvalue weighted by Crippen LogP contribution is 2.46. The molecule has 27 heavy (non-hydrogen) atoms. The van der Waals surface area contributed by atoms with Crippen molar-refractivity contribution in [2.24, 2.45) is 11.8 Å². The molecule has 1 fully saturated rings. The van der Waals surface area contributed by atoms with Gasteiger partial charge in [-0.1, -0.05) is 6.07 Å². The second-order valence-electron chi connectivity index (χ2n) is 9.51. The van der Waals surface area contributed by atoms with Gasteiger partial charge in [0.2, 0.25) is 0 Å². The third-order valence-electron chi connectivity index (χ3n) is 6.79. The van der Waals surface area contributed by atoms with Gasteiger partial charge in [-0.15, -0.1) is 0 Å². The molecule has 0 aromatic heterocycles. The summed E-state index contributed by atoms with van der Waals surface area (Å²) in [6.45, 7) is 9.64. The minimum atomic E-state index is -0.742.